The number of hydrogen-bond acceptors (Lipinski definition) is 6. The lowest BCUT2D eigenvalue weighted by Gasteiger charge is -2.07. The molecule has 7 heteroatoms. The standard InChI is InChI=1S/C27H22N2O4S/c1-18-26(28-27(31)33-17-20-6-4-3-5-7-20)24(34-29-18)13-10-19-8-11-23-15-21(16-25(30)32-2)9-12-22(23)14-19/h3-9,11-12,14-15H,16-17H2,1-2H3,(H,28,31). The zero-order valence-electron chi connectivity index (χ0n) is 18.8. The molecule has 0 bridgehead atoms. The first-order valence-corrected chi connectivity index (χ1v) is 11.3. The van der Waals surface area contributed by atoms with Crippen LogP contribution in [-0.2, 0) is 27.3 Å². The molecule has 1 amide bonds. The highest BCUT2D eigenvalue weighted by Gasteiger charge is 2.13. The monoisotopic (exact) mass is 470 g/mol. The third kappa shape index (κ3) is 5.80. The van der Waals surface area contributed by atoms with Crippen LogP contribution in [0.5, 0.6) is 0 Å². The molecule has 0 atom stereocenters. The molecule has 1 heterocycles. The number of carbonyl (C=O) groups is 2. The molecule has 34 heavy (non-hydrogen) atoms. The predicted octanol–water partition coefficient (Wildman–Crippen LogP) is 5.47. The minimum Gasteiger partial charge on any atom is -0.469 e. The van der Waals surface area contributed by atoms with Crippen LogP contribution in [0.1, 0.15) is 27.3 Å². The molecule has 0 aliphatic carbocycles. The summed E-state index contributed by atoms with van der Waals surface area (Å²) >= 11 is 1.23. The zero-order valence-corrected chi connectivity index (χ0v) is 19.6. The number of esters is 1. The summed E-state index contributed by atoms with van der Waals surface area (Å²) in [5.74, 6) is 5.99. The second kappa shape index (κ2) is 10.6. The molecule has 0 aliphatic rings. The van der Waals surface area contributed by atoms with E-state index < -0.39 is 6.09 Å². The summed E-state index contributed by atoms with van der Waals surface area (Å²) in [6, 6.07) is 21.2. The van der Waals surface area contributed by atoms with E-state index in [1.54, 1.807) is 0 Å². The van der Waals surface area contributed by atoms with Crippen LogP contribution < -0.4 is 5.32 Å². The van der Waals surface area contributed by atoms with Crippen LogP contribution in [0.3, 0.4) is 0 Å². The molecule has 0 radical (unpaired) electrons. The molecule has 0 aliphatic heterocycles. The van der Waals surface area contributed by atoms with E-state index in [1.807, 2.05) is 73.7 Å². The van der Waals surface area contributed by atoms with Gasteiger partial charge >= 0.3 is 12.1 Å². The molecule has 0 spiro atoms. The molecule has 0 unspecified atom stereocenters. The molecule has 170 valence electrons. The third-order valence-corrected chi connectivity index (χ3v) is 5.96. The van der Waals surface area contributed by atoms with E-state index in [0.29, 0.717) is 16.3 Å². The van der Waals surface area contributed by atoms with Crippen molar-refractivity contribution in [3.63, 3.8) is 0 Å². The zero-order chi connectivity index (χ0) is 23.9. The number of fused-ring (bicyclic) bond motifs is 1. The summed E-state index contributed by atoms with van der Waals surface area (Å²) in [5, 5.41) is 4.80. The Balaban J connectivity index is 1.47. The van der Waals surface area contributed by atoms with Crippen molar-refractivity contribution < 1.29 is 19.1 Å². The summed E-state index contributed by atoms with van der Waals surface area (Å²) in [7, 11) is 1.38. The first kappa shape index (κ1) is 23.0. The Hall–Kier alpha value is -4.15. The largest absolute Gasteiger partial charge is 0.469 e. The highest BCUT2D eigenvalue weighted by atomic mass is 32.1. The molecule has 6 nitrogen and oxygen atoms in total. The fraction of sp³-hybridized carbons (Fsp3) is 0.148. The highest BCUT2D eigenvalue weighted by Crippen LogP contribution is 2.24. The van der Waals surface area contributed by atoms with Gasteiger partial charge in [-0.25, -0.2) is 4.79 Å². The molecule has 1 aromatic heterocycles. The van der Waals surface area contributed by atoms with Gasteiger partial charge in [0, 0.05) is 5.56 Å². The van der Waals surface area contributed by atoms with Crippen LogP contribution in [0, 0.1) is 18.8 Å². The maximum atomic E-state index is 12.3. The quantitative estimate of drug-likeness (QED) is 0.309. The van der Waals surface area contributed by atoms with Gasteiger partial charge in [-0.3, -0.25) is 10.1 Å². The van der Waals surface area contributed by atoms with Crippen molar-refractivity contribution in [2.24, 2.45) is 0 Å². The van der Waals surface area contributed by atoms with Crippen molar-refractivity contribution in [3.8, 4) is 11.8 Å². The average Bonchev–Trinajstić information content (AvgIpc) is 3.20. The second-order valence-electron chi connectivity index (χ2n) is 7.56. The first-order valence-electron chi connectivity index (χ1n) is 10.6. The fourth-order valence-electron chi connectivity index (χ4n) is 3.31. The van der Waals surface area contributed by atoms with Gasteiger partial charge in [0.05, 0.1) is 24.9 Å². The smallest absolute Gasteiger partial charge is 0.412 e. The molecule has 0 saturated carbocycles. The van der Waals surface area contributed by atoms with Gasteiger partial charge < -0.3 is 9.47 Å². The summed E-state index contributed by atoms with van der Waals surface area (Å²) in [6.45, 7) is 2.00. The minimum absolute atomic E-state index is 0.183. The Kier molecular flexibility index (Phi) is 7.21. The van der Waals surface area contributed by atoms with E-state index >= 15 is 0 Å². The Morgan fingerprint density at radius 1 is 0.971 bits per heavy atom. The van der Waals surface area contributed by atoms with Gasteiger partial charge in [-0.05, 0) is 58.4 Å². The number of anilines is 1. The average molecular weight is 471 g/mol. The third-order valence-electron chi connectivity index (χ3n) is 5.10. The van der Waals surface area contributed by atoms with Crippen LogP contribution in [0.15, 0.2) is 66.7 Å². The van der Waals surface area contributed by atoms with E-state index in [1.165, 1.54) is 18.6 Å². The fourth-order valence-corrected chi connectivity index (χ4v) is 4.02. The molecule has 1 N–H and O–H groups in total. The van der Waals surface area contributed by atoms with Crippen LogP contribution >= 0.6 is 11.5 Å². The van der Waals surface area contributed by atoms with E-state index in [2.05, 4.69) is 21.5 Å². The number of nitrogens with zero attached hydrogens (tertiary/aromatic N) is 1. The van der Waals surface area contributed by atoms with E-state index in [9.17, 15) is 9.59 Å². The van der Waals surface area contributed by atoms with Crippen molar-refractivity contribution in [2.75, 3.05) is 12.4 Å². The maximum Gasteiger partial charge on any atom is 0.412 e. The van der Waals surface area contributed by atoms with Gasteiger partial charge in [0.1, 0.15) is 11.5 Å². The number of aromatic nitrogens is 1. The highest BCUT2D eigenvalue weighted by molar-refractivity contribution is 7.07. The number of amides is 1. The van der Waals surface area contributed by atoms with Gasteiger partial charge in [-0.1, -0.05) is 60.5 Å². The SMILES string of the molecule is COC(=O)Cc1ccc2cc(C#Cc3snc(C)c3NC(=O)OCc3ccccc3)ccc2c1. The molecule has 3 aromatic carbocycles. The van der Waals surface area contributed by atoms with Crippen LogP contribution in [-0.4, -0.2) is 23.5 Å². The van der Waals surface area contributed by atoms with Gasteiger partial charge in [0.2, 0.25) is 0 Å². The molecule has 4 aromatic rings. The topological polar surface area (TPSA) is 77.5 Å². The van der Waals surface area contributed by atoms with Crippen LogP contribution in [0.4, 0.5) is 10.5 Å². The Morgan fingerprint density at radius 3 is 2.53 bits per heavy atom. The van der Waals surface area contributed by atoms with Crippen molar-refractivity contribution in [2.45, 2.75) is 20.0 Å². The van der Waals surface area contributed by atoms with Gasteiger partial charge in [0.25, 0.3) is 0 Å². The summed E-state index contributed by atoms with van der Waals surface area (Å²) in [5.41, 5.74) is 3.88. The van der Waals surface area contributed by atoms with Crippen molar-refractivity contribution in [3.05, 3.63) is 94.0 Å². The molecule has 0 saturated heterocycles. The summed E-state index contributed by atoms with van der Waals surface area (Å²) in [4.78, 5) is 24.5. The van der Waals surface area contributed by atoms with Crippen molar-refractivity contribution in [1.82, 2.24) is 4.37 Å². The summed E-state index contributed by atoms with van der Waals surface area (Å²) in [6.07, 6.45) is -0.314. The van der Waals surface area contributed by atoms with E-state index in [0.717, 1.165) is 27.5 Å². The minimum atomic E-state index is -0.552. The van der Waals surface area contributed by atoms with Crippen molar-refractivity contribution >= 4 is 40.1 Å². The number of hydrogen-bond donors (Lipinski definition) is 1. The van der Waals surface area contributed by atoms with Gasteiger partial charge in [-0.2, -0.15) is 4.37 Å². The molecule has 4 rings (SSSR count). The van der Waals surface area contributed by atoms with Crippen molar-refractivity contribution in [1.29, 1.82) is 0 Å². The number of methoxy groups -OCH3 is 1. The number of rotatable bonds is 5. The lowest BCUT2D eigenvalue weighted by Crippen LogP contribution is -2.14. The van der Waals surface area contributed by atoms with Crippen LogP contribution in [0.25, 0.3) is 10.8 Å². The molecular weight excluding hydrogens is 448 g/mol. The number of nitrogens with one attached hydrogen (secondary N) is 1. The number of carbonyl (C=O) groups excluding carboxylic acids is 2. The molecular formula is C27H22N2O4S. The predicted molar refractivity (Wildman–Crippen MR) is 133 cm³/mol. The Morgan fingerprint density at radius 2 is 1.74 bits per heavy atom. The van der Waals surface area contributed by atoms with E-state index in [-0.39, 0.29) is 19.0 Å². The normalized spacial score (nSPS) is 10.3. The lowest BCUT2D eigenvalue weighted by molar-refractivity contribution is -0.139. The summed E-state index contributed by atoms with van der Waals surface area (Å²) < 4.78 is 14.4. The molecule has 0 fully saturated rings. The van der Waals surface area contributed by atoms with Gasteiger partial charge in [-0.15, -0.1) is 0 Å². The van der Waals surface area contributed by atoms with Gasteiger partial charge in [0.15, 0.2) is 0 Å². The Bertz CT molecular complexity index is 1400. The first-order chi connectivity index (χ1) is 16.5. The number of benzene rings is 3. The maximum absolute atomic E-state index is 12.3. The van der Waals surface area contributed by atoms with Crippen LogP contribution in [0.2, 0.25) is 0 Å². The van der Waals surface area contributed by atoms with E-state index in [4.69, 9.17) is 9.47 Å². The number of ether oxygens (including phenoxy) is 2. The number of aryl methyl sites for hydroxylation is 1. The Labute approximate surface area is 201 Å². The second-order valence-corrected chi connectivity index (χ2v) is 8.33. The lowest BCUT2D eigenvalue weighted by atomic mass is 10.0.